The first kappa shape index (κ1) is 14.1. The van der Waals surface area contributed by atoms with Gasteiger partial charge in [-0.25, -0.2) is 0 Å². The summed E-state index contributed by atoms with van der Waals surface area (Å²) in [5.74, 6) is 0.125. The molecule has 1 heterocycles. The summed E-state index contributed by atoms with van der Waals surface area (Å²) in [6.45, 7) is 0.865. The molecule has 1 aliphatic carbocycles. The third-order valence-corrected chi connectivity index (χ3v) is 3.74. The summed E-state index contributed by atoms with van der Waals surface area (Å²) in [6.07, 6.45) is 0.392. The number of hydrogen-bond donors (Lipinski definition) is 1. The first-order valence-electron chi connectivity index (χ1n) is 6.55. The molecule has 1 spiro atoms. The molecule has 2 rings (SSSR count). The topological polar surface area (TPSA) is 30.5 Å². The summed E-state index contributed by atoms with van der Waals surface area (Å²) in [5.41, 5.74) is 0. The minimum atomic E-state index is -4.11. The Morgan fingerprint density at radius 3 is 2.28 bits per heavy atom. The summed E-state index contributed by atoms with van der Waals surface area (Å²) in [4.78, 5) is 0. The molecule has 1 saturated heterocycles. The van der Waals surface area contributed by atoms with Gasteiger partial charge in [0.15, 0.2) is 5.79 Å². The zero-order valence-corrected chi connectivity index (χ0v) is 10.4. The lowest BCUT2D eigenvalue weighted by Crippen LogP contribution is -2.36. The Hall–Kier alpha value is -0.330. The lowest BCUT2D eigenvalue weighted by Gasteiger charge is -2.35. The summed E-state index contributed by atoms with van der Waals surface area (Å²) < 4.78 is 47.0. The van der Waals surface area contributed by atoms with Crippen LogP contribution in [0.3, 0.4) is 0 Å². The molecular formula is C12H20F3NO2. The molecule has 1 aliphatic heterocycles. The van der Waals surface area contributed by atoms with Gasteiger partial charge < -0.3 is 14.8 Å². The maximum atomic E-state index is 11.9. The third kappa shape index (κ3) is 4.10. The van der Waals surface area contributed by atoms with E-state index in [1.54, 1.807) is 0 Å². The second-order valence-electron chi connectivity index (χ2n) is 5.13. The van der Waals surface area contributed by atoms with Crippen LogP contribution < -0.4 is 5.32 Å². The molecule has 0 bridgehead atoms. The molecule has 3 nitrogen and oxygen atoms in total. The van der Waals surface area contributed by atoms with Gasteiger partial charge in [0.05, 0.1) is 19.8 Å². The normalized spacial score (nSPS) is 24.8. The quantitative estimate of drug-likeness (QED) is 0.794. The predicted octanol–water partition coefficient (Wildman–Crippen LogP) is 2.46. The summed E-state index contributed by atoms with van der Waals surface area (Å²) >= 11 is 0. The molecule has 0 atom stereocenters. The number of halogens is 3. The van der Waals surface area contributed by atoms with E-state index in [0.717, 1.165) is 32.1 Å². The van der Waals surface area contributed by atoms with E-state index < -0.39 is 12.7 Å². The number of rotatable bonds is 4. The van der Waals surface area contributed by atoms with Gasteiger partial charge in [0.25, 0.3) is 0 Å². The summed E-state index contributed by atoms with van der Waals surface area (Å²) in [6, 6.07) is 0. The maximum absolute atomic E-state index is 11.9. The zero-order chi connectivity index (χ0) is 13.1. The highest BCUT2D eigenvalue weighted by Crippen LogP contribution is 2.39. The first-order valence-corrected chi connectivity index (χ1v) is 6.55. The Labute approximate surface area is 105 Å². The van der Waals surface area contributed by atoms with Crippen LogP contribution in [0.2, 0.25) is 0 Å². The fraction of sp³-hybridized carbons (Fsp3) is 1.00. The third-order valence-electron chi connectivity index (χ3n) is 3.74. The van der Waals surface area contributed by atoms with Crippen molar-refractivity contribution in [1.82, 2.24) is 5.32 Å². The van der Waals surface area contributed by atoms with Gasteiger partial charge in [0.1, 0.15) is 0 Å². The SMILES string of the molecule is FC(F)(F)CNCCC1CCC2(CC1)OCCO2. The molecule has 6 heteroatoms. The molecule has 2 aliphatic rings. The molecule has 1 N–H and O–H groups in total. The van der Waals surface area contributed by atoms with Crippen LogP contribution in [-0.2, 0) is 9.47 Å². The van der Waals surface area contributed by atoms with Crippen LogP contribution in [0, 0.1) is 5.92 Å². The van der Waals surface area contributed by atoms with Crippen LogP contribution in [0.15, 0.2) is 0 Å². The molecule has 1 saturated carbocycles. The van der Waals surface area contributed by atoms with E-state index in [4.69, 9.17) is 9.47 Å². The molecule has 0 radical (unpaired) electrons. The number of alkyl halides is 3. The molecule has 106 valence electrons. The van der Waals surface area contributed by atoms with E-state index in [0.29, 0.717) is 25.7 Å². The zero-order valence-electron chi connectivity index (χ0n) is 10.4. The smallest absolute Gasteiger partial charge is 0.348 e. The number of nitrogens with one attached hydrogen (secondary N) is 1. The van der Waals surface area contributed by atoms with E-state index in [9.17, 15) is 13.2 Å². The predicted molar refractivity (Wildman–Crippen MR) is 60.1 cm³/mol. The van der Waals surface area contributed by atoms with Crippen LogP contribution >= 0.6 is 0 Å². The van der Waals surface area contributed by atoms with Gasteiger partial charge in [0.2, 0.25) is 0 Å². The summed E-state index contributed by atoms with van der Waals surface area (Å²) in [7, 11) is 0. The molecular weight excluding hydrogens is 247 g/mol. The van der Waals surface area contributed by atoms with Crippen molar-refractivity contribution in [1.29, 1.82) is 0 Å². The summed E-state index contributed by atoms with van der Waals surface area (Å²) in [5, 5.41) is 2.45. The fourth-order valence-electron chi connectivity index (χ4n) is 2.73. The highest BCUT2D eigenvalue weighted by Gasteiger charge is 2.40. The molecule has 0 aromatic rings. The minimum absolute atomic E-state index is 0.365. The van der Waals surface area contributed by atoms with Crippen molar-refractivity contribution in [2.45, 2.75) is 44.1 Å². The molecule has 18 heavy (non-hydrogen) atoms. The van der Waals surface area contributed by atoms with Crippen molar-refractivity contribution < 1.29 is 22.6 Å². The van der Waals surface area contributed by atoms with Crippen LogP contribution in [0.4, 0.5) is 13.2 Å². The lowest BCUT2D eigenvalue weighted by molar-refractivity contribution is -0.182. The van der Waals surface area contributed by atoms with E-state index >= 15 is 0 Å². The van der Waals surface area contributed by atoms with Gasteiger partial charge in [-0.15, -0.1) is 0 Å². The van der Waals surface area contributed by atoms with Crippen LogP contribution in [0.25, 0.3) is 0 Å². The molecule has 0 aromatic carbocycles. The van der Waals surface area contributed by atoms with E-state index in [-0.39, 0.29) is 5.79 Å². The van der Waals surface area contributed by atoms with Gasteiger partial charge in [-0.2, -0.15) is 13.2 Å². The van der Waals surface area contributed by atoms with Crippen molar-refractivity contribution in [2.24, 2.45) is 5.92 Å². The van der Waals surface area contributed by atoms with Gasteiger partial charge in [0, 0.05) is 12.8 Å². The second-order valence-corrected chi connectivity index (χ2v) is 5.13. The molecule has 0 unspecified atom stereocenters. The first-order chi connectivity index (χ1) is 8.49. The highest BCUT2D eigenvalue weighted by molar-refractivity contribution is 4.82. The standard InChI is InChI=1S/C12H20F3NO2/c13-12(14,15)9-16-6-3-10-1-4-11(5-2-10)17-7-8-18-11/h10,16H,1-9H2. The van der Waals surface area contributed by atoms with E-state index in [1.807, 2.05) is 0 Å². The molecule has 0 amide bonds. The largest absolute Gasteiger partial charge is 0.401 e. The van der Waals surface area contributed by atoms with Crippen LogP contribution in [0.1, 0.15) is 32.1 Å². The van der Waals surface area contributed by atoms with Crippen molar-refractivity contribution in [3.63, 3.8) is 0 Å². The van der Waals surface area contributed by atoms with Crippen LogP contribution in [-0.4, -0.2) is 38.3 Å². The minimum Gasteiger partial charge on any atom is -0.348 e. The van der Waals surface area contributed by atoms with E-state index in [2.05, 4.69) is 5.32 Å². The average molecular weight is 267 g/mol. The Morgan fingerprint density at radius 1 is 1.11 bits per heavy atom. The van der Waals surface area contributed by atoms with Crippen LogP contribution in [0.5, 0.6) is 0 Å². The van der Waals surface area contributed by atoms with Gasteiger partial charge in [-0.05, 0) is 31.7 Å². The maximum Gasteiger partial charge on any atom is 0.401 e. The Kier molecular flexibility index (Phi) is 4.50. The Balaban J connectivity index is 1.59. The Morgan fingerprint density at radius 2 is 1.72 bits per heavy atom. The molecule has 2 fully saturated rings. The number of ether oxygens (including phenoxy) is 2. The van der Waals surface area contributed by atoms with Gasteiger partial charge >= 0.3 is 6.18 Å². The highest BCUT2D eigenvalue weighted by atomic mass is 19.4. The van der Waals surface area contributed by atoms with Gasteiger partial charge in [-0.3, -0.25) is 0 Å². The van der Waals surface area contributed by atoms with Crippen molar-refractivity contribution >= 4 is 0 Å². The van der Waals surface area contributed by atoms with Crippen molar-refractivity contribution in [2.75, 3.05) is 26.3 Å². The Bertz CT molecular complexity index is 255. The monoisotopic (exact) mass is 267 g/mol. The van der Waals surface area contributed by atoms with Gasteiger partial charge in [-0.1, -0.05) is 0 Å². The van der Waals surface area contributed by atoms with Crippen molar-refractivity contribution in [3.05, 3.63) is 0 Å². The fourth-order valence-corrected chi connectivity index (χ4v) is 2.73. The van der Waals surface area contributed by atoms with Crippen molar-refractivity contribution in [3.8, 4) is 0 Å². The lowest BCUT2D eigenvalue weighted by atomic mass is 9.83. The molecule has 0 aromatic heterocycles. The van der Waals surface area contributed by atoms with E-state index in [1.165, 1.54) is 0 Å². The number of hydrogen-bond acceptors (Lipinski definition) is 3. The average Bonchev–Trinajstić information content (AvgIpc) is 2.75. The second kappa shape index (κ2) is 5.75.